The van der Waals surface area contributed by atoms with Crippen molar-refractivity contribution < 1.29 is 32.5 Å². The summed E-state index contributed by atoms with van der Waals surface area (Å²) >= 11 is 0. The second-order valence-electron chi connectivity index (χ2n) is 6.48. The molecule has 0 aliphatic rings. The fourth-order valence-electron chi connectivity index (χ4n) is 2.84. The summed E-state index contributed by atoms with van der Waals surface area (Å²) in [6, 6.07) is 13.6. The Bertz CT molecular complexity index is 1130. The molecule has 3 aromatic rings. The molecule has 3 rings (SSSR count). The number of carbonyl (C=O) groups is 1. The van der Waals surface area contributed by atoms with Gasteiger partial charge in [0.25, 0.3) is 0 Å². The summed E-state index contributed by atoms with van der Waals surface area (Å²) in [5.41, 5.74) is 5.58. The predicted octanol–water partition coefficient (Wildman–Crippen LogP) is 5.50. The number of carboxylic acid groups (broad SMARTS) is 1. The van der Waals surface area contributed by atoms with E-state index in [1.807, 2.05) is 0 Å². The first-order valence-corrected chi connectivity index (χ1v) is 8.94. The molecule has 0 fully saturated rings. The van der Waals surface area contributed by atoms with E-state index in [1.54, 1.807) is 12.1 Å². The molecule has 0 unspecified atom stereocenters. The Hall–Kier alpha value is -4.01. The summed E-state index contributed by atoms with van der Waals surface area (Å²) in [7, 11) is 0. The summed E-state index contributed by atoms with van der Waals surface area (Å²) in [4.78, 5) is 10.9. The van der Waals surface area contributed by atoms with Crippen LogP contribution in [-0.2, 0) is 17.4 Å². The largest absolute Gasteiger partial charge is 0.481 e. The normalized spacial score (nSPS) is 11.1. The standard InChI is InChI=1S/C22H17F3N2O4/c23-22(24,25)17-11-15(30-19-6-2-5-18(27)16(19)12-26)7-8-20(17)31-14-4-1-3-13(9-14)10-21(28)29/h1-9,11-12,26H,10,27H2,(H,28,29). The van der Waals surface area contributed by atoms with Gasteiger partial charge in [-0.1, -0.05) is 18.2 Å². The maximum Gasteiger partial charge on any atom is 0.420 e. The average molecular weight is 430 g/mol. The molecule has 0 aliphatic carbocycles. The van der Waals surface area contributed by atoms with Crippen molar-refractivity contribution in [2.45, 2.75) is 12.6 Å². The van der Waals surface area contributed by atoms with E-state index in [4.69, 9.17) is 25.7 Å². The number of benzene rings is 3. The molecule has 0 amide bonds. The molecular weight excluding hydrogens is 413 g/mol. The number of anilines is 1. The van der Waals surface area contributed by atoms with E-state index < -0.39 is 23.5 Å². The molecule has 0 atom stereocenters. The van der Waals surface area contributed by atoms with Gasteiger partial charge >= 0.3 is 12.1 Å². The molecule has 9 heteroatoms. The van der Waals surface area contributed by atoms with Crippen LogP contribution in [0.5, 0.6) is 23.0 Å². The number of nitrogens with two attached hydrogens (primary N) is 1. The topological polar surface area (TPSA) is 106 Å². The van der Waals surface area contributed by atoms with Crippen molar-refractivity contribution in [2.24, 2.45) is 0 Å². The second kappa shape index (κ2) is 8.78. The molecule has 0 aliphatic heterocycles. The SMILES string of the molecule is N=Cc1c(N)cccc1Oc1ccc(Oc2cccc(CC(=O)O)c2)c(C(F)(F)F)c1. The van der Waals surface area contributed by atoms with Crippen molar-refractivity contribution in [3.05, 3.63) is 77.4 Å². The van der Waals surface area contributed by atoms with E-state index in [2.05, 4.69) is 0 Å². The molecule has 6 nitrogen and oxygen atoms in total. The van der Waals surface area contributed by atoms with E-state index in [0.717, 1.165) is 18.3 Å². The lowest BCUT2D eigenvalue weighted by Crippen LogP contribution is -2.08. The van der Waals surface area contributed by atoms with Crippen LogP contribution in [0.15, 0.2) is 60.7 Å². The predicted molar refractivity (Wildman–Crippen MR) is 108 cm³/mol. The van der Waals surface area contributed by atoms with Crippen molar-refractivity contribution in [3.63, 3.8) is 0 Å². The van der Waals surface area contributed by atoms with E-state index in [1.165, 1.54) is 36.4 Å². The van der Waals surface area contributed by atoms with Crippen molar-refractivity contribution >= 4 is 17.9 Å². The Balaban J connectivity index is 1.94. The molecule has 4 N–H and O–H groups in total. The zero-order valence-corrected chi connectivity index (χ0v) is 15.9. The third-order valence-corrected chi connectivity index (χ3v) is 4.21. The number of rotatable bonds is 7. The van der Waals surface area contributed by atoms with E-state index in [9.17, 15) is 18.0 Å². The lowest BCUT2D eigenvalue weighted by molar-refractivity contribution is -0.138. The number of alkyl halides is 3. The van der Waals surface area contributed by atoms with Gasteiger partial charge in [-0.3, -0.25) is 4.79 Å². The average Bonchev–Trinajstić information content (AvgIpc) is 2.68. The number of hydrogen-bond acceptors (Lipinski definition) is 5. The molecule has 0 saturated heterocycles. The van der Waals surface area contributed by atoms with Crippen LogP contribution < -0.4 is 15.2 Å². The van der Waals surface area contributed by atoms with Crippen LogP contribution in [0.25, 0.3) is 0 Å². The van der Waals surface area contributed by atoms with Gasteiger partial charge in [0.15, 0.2) is 0 Å². The highest BCUT2D eigenvalue weighted by atomic mass is 19.4. The molecular formula is C22H17F3N2O4. The van der Waals surface area contributed by atoms with Crippen LogP contribution >= 0.6 is 0 Å². The Morgan fingerprint density at radius 2 is 1.68 bits per heavy atom. The third kappa shape index (κ3) is 5.33. The molecule has 31 heavy (non-hydrogen) atoms. The Morgan fingerprint density at radius 1 is 1.00 bits per heavy atom. The van der Waals surface area contributed by atoms with Gasteiger partial charge in [0, 0.05) is 11.9 Å². The number of carboxylic acids is 1. The summed E-state index contributed by atoms with van der Waals surface area (Å²) in [5, 5.41) is 16.3. The van der Waals surface area contributed by atoms with Crippen molar-refractivity contribution in [3.8, 4) is 23.0 Å². The van der Waals surface area contributed by atoms with Crippen LogP contribution in [-0.4, -0.2) is 17.3 Å². The fourth-order valence-corrected chi connectivity index (χ4v) is 2.84. The Morgan fingerprint density at radius 3 is 2.35 bits per heavy atom. The zero-order chi connectivity index (χ0) is 22.6. The molecule has 0 spiro atoms. The van der Waals surface area contributed by atoms with E-state index in [0.29, 0.717) is 5.56 Å². The lowest BCUT2D eigenvalue weighted by Gasteiger charge is -2.16. The minimum atomic E-state index is -4.74. The van der Waals surface area contributed by atoms with Crippen LogP contribution in [0.2, 0.25) is 0 Å². The smallest absolute Gasteiger partial charge is 0.420 e. The number of halogens is 3. The van der Waals surface area contributed by atoms with Crippen LogP contribution in [0.1, 0.15) is 16.7 Å². The van der Waals surface area contributed by atoms with Crippen LogP contribution in [0.4, 0.5) is 18.9 Å². The molecule has 160 valence electrons. The number of hydrogen-bond donors (Lipinski definition) is 3. The van der Waals surface area contributed by atoms with Gasteiger partial charge in [-0.25, -0.2) is 0 Å². The van der Waals surface area contributed by atoms with Gasteiger partial charge in [0.1, 0.15) is 28.6 Å². The minimum absolute atomic E-state index is 0.0693. The highest BCUT2D eigenvalue weighted by molar-refractivity contribution is 5.88. The van der Waals surface area contributed by atoms with Gasteiger partial charge in [-0.05, 0) is 48.0 Å². The van der Waals surface area contributed by atoms with Gasteiger partial charge < -0.3 is 25.7 Å². The first kappa shape index (κ1) is 21.7. The summed E-state index contributed by atoms with van der Waals surface area (Å²) in [6.07, 6.45) is -4.07. The summed E-state index contributed by atoms with van der Waals surface area (Å²) in [5.74, 6) is -1.45. The van der Waals surface area contributed by atoms with Gasteiger partial charge in [0.2, 0.25) is 0 Å². The van der Waals surface area contributed by atoms with E-state index >= 15 is 0 Å². The monoisotopic (exact) mass is 430 g/mol. The number of ether oxygens (including phenoxy) is 2. The third-order valence-electron chi connectivity index (χ3n) is 4.21. The van der Waals surface area contributed by atoms with Crippen molar-refractivity contribution in [2.75, 3.05) is 5.73 Å². The molecule has 0 saturated carbocycles. The first-order valence-electron chi connectivity index (χ1n) is 8.94. The number of nitrogens with one attached hydrogen (secondary N) is 1. The highest BCUT2D eigenvalue weighted by Gasteiger charge is 2.35. The maximum absolute atomic E-state index is 13.7. The van der Waals surface area contributed by atoms with Crippen LogP contribution in [0, 0.1) is 5.41 Å². The zero-order valence-electron chi connectivity index (χ0n) is 15.9. The first-order chi connectivity index (χ1) is 14.7. The Kier molecular flexibility index (Phi) is 6.15. The maximum atomic E-state index is 13.7. The van der Waals surface area contributed by atoms with E-state index in [-0.39, 0.29) is 34.9 Å². The van der Waals surface area contributed by atoms with Gasteiger partial charge in [-0.2, -0.15) is 13.2 Å². The minimum Gasteiger partial charge on any atom is -0.481 e. The van der Waals surface area contributed by atoms with Crippen molar-refractivity contribution in [1.29, 1.82) is 5.41 Å². The van der Waals surface area contributed by atoms with Crippen molar-refractivity contribution in [1.82, 2.24) is 0 Å². The molecule has 0 radical (unpaired) electrons. The number of aliphatic carboxylic acids is 1. The van der Waals surface area contributed by atoms with Crippen LogP contribution in [0.3, 0.4) is 0 Å². The molecule has 0 heterocycles. The highest BCUT2D eigenvalue weighted by Crippen LogP contribution is 2.41. The van der Waals surface area contributed by atoms with Gasteiger partial charge in [0.05, 0.1) is 12.0 Å². The fraction of sp³-hybridized carbons (Fsp3) is 0.0909. The molecule has 3 aromatic carbocycles. The quantitative estimate of drug-likeness (QED) is 0.339. The second-order valence-corrected chi connectivity index (χ2v) is 6.48. The summed E-state index contributed by atoms with van der Waals surface area (Å²) < 4.78 is 51.9. The number of nitrogen functional groups attached to an aromatic ring is 1. The lowest BCUT2D eigenvalue weighted by atomic mass is 10.1. The molecule has 0 bridgehead atoms. The molecule has 0 aromatic heterocycles. The Labute approximate surface area is 175 Å². The van der Waals surface area contributed by atoms with Gasteiger partial charge in [-0.15, -0.1) is 0 Å². The summed E-state index contributed by atoms with van der Waals surface area (Å²) in [6.45, 7) is 0.